The summed E-state index contributed by atoms with van der Waals surface area (Å²) in [4.78, 5) is 14.9. The molecular formula is C35H58N2O3. The van der Waals surface area contributed by atoms with E-state index in [1.54, 1.807) is 5.57 Å². The van der Waals surface area contributed by atoms with Crippen LogP contribution in [-0.2, 0) is 9.47 Å². The van der Waals surface area contributed by atoms with Gasteiger partial charge in [0.05, 0.1) is 5.60 Å². The summed E-state index contributed by atoms with van der Waals surface area (Å²) in [5, 5.41) is 3.00. The van der Waals surface area contributed by atoms with Crippen LogP contribution in [0.1, 0.15) is 106 Å². The van der Waals surface area contributed by atoms with Gasteiger partial charge in [0.25, 0.3) is 0 Å². The summed E-state index contributed by atoms with van der Waals surface area (Å²) >= 11 is 0. The van der Waals surface area contributed by atoms with Gasteiger partial charge < -0.3 is 19.7 Å². The first kappa shape index (κ1) is 29.0. The fraction of sp³-hybridized carbons (Fsp3) is 0.914. The minimum atomic E-state index is -0.232. The number of rotatable bonds is 6. The van der Waals surface area contributed by atoms with Crippen molar-refractivity contribution in [3.05, 3.63) is 11.6 Å². The molecule has 0 aromatic rings. The van der Waals surface area contributed by atoms with Crippen molar-refractivity contribution in [2.75, 3.05) is 32.8 Å². The standard InChI is InChI=1S/C35H58N2O3/c1-7-37(8-2)18-17-36-32(38)40-27-12-14-33(5)26(20-27)9-10-28-29(33)13-15-34(6)30(28)19-25-21-35(24(4)31(25)34)16-11-23(3)22-39-35/h9,23-25,27-31H,7-8,10-22H2,1-6H3,(H,36,38)/t23-,24-,25+,27-,28+,29-,30-,31?,33-,34-,35-/m0/s1. The first-order valence-electron chi connectivity index (χ1n) is 17.1. The maximum atomic E-state index is 12.6. The van der Waals surface area contributed by atoms with Crippen molar-refractivity contribution in [3.8, 4) is 0 Å². The number of fused-ring (bicyclic) bond motifs is 7. The number of nitrogens with one attached hydrogen (secondary N) is 1. The molecule has 6 rings (SSSR count). The van der Waals surface area contributed by atoms with Crippen molar-refractivity contribution in [2.24, 2.45) is 52.3 Å². The summed E-state index contributed by atoms with van der Waals surface area (Å²) in [5.41, 5.74) is 2.54. The molecule has 0 aromatic carbocycles. The predicted molar refractivity (Wildman–Crippen MR) is 161 cm³/mol. The zero-order chi connectivity index (χ0) is 28.3. The Labute approximate surface area is 244 Å². The second kappa shape index (κ2) is 10.9. The van der Waals surface area contributed by atoms with E-state index in [4.69, 9.17) is 9.47 Å². The highest BCUT2D eigenvalue weighted by atomic mass is 16.6. The zero-order valence-electron chi connectivity index (χ0n) is 26.5. The number of alkyl carbamates (subject to hydrolysis) is 1. The molecular weight excluding hydrogens is 496 g/mol. The molecule has 0 bridgehead atoms. The Morgan fingerprint density at radius 2 is 1.90 bits per heavy atom. The smallest absolute Gasteiger partial charge is 0.407 e. The van der Waals surface area contributed by atoms with E-state index < -0.39 is 0 Å². The summed E-state index contributed by atoms with van der Waals surface area (Å²) in [6.45, 7) is 19.1. The molecule has 1 unspecified atom stereocenters. The van der Waals surface area contributed by atoms with Crippen LogP contribution in [0.3, 0.4) is 0 Å². The molecule has 5 aliphatic carbocycles. The second-order valence-electron chi connectivity index (χ2n) is 15.6. The van der Waals surface area contributed by atoms with E-state index in [0.717, 1.165) is 74.6 Å². The van der Waals surface area contributed by atoms with E-state index >= 15 is 0 Å². The first-order valence-corrected chi connectivity index (χ1v) is 17.1. The molecule has 1 saturated heterocycles. The number of nitrogens with zero attached hydrogens (tertiary/aromatic N) is 1. The number of hydrogen-bond acceptors (Lipinski definition) is 4. The number of hydrogen-bond donors (Lipinski definition) is 1. The van der Waals surface area contributed by atoms with Gasteiger partial charge in [0.15, 0.2) is 0 Å². The van der Waals surface area contributed by atoms with E-state index in [1.165, 1.54) is 51.4 Å². The Morgan fingerprint density at radius 1 is 1.10 bits per heavy atom. The average Bonchev–Trinajstić information content (AvgIpc) is 3.38. The molecule has 0 aromatic heterocycles. The summed E-state index contributed by atoms with van der Waals surface area (Å²) < 4.78 is 12.7. The summed E-state index contributed by atoms with van der Waals surface area (Å²) in [5.74, 6) is 5.62. The SMILES string of the molecule is CCN(CC)CCNC(=O)O[C@H]1CC[C@@]2(C)C(=CC[C@@H]3[C@@H]2CC[C@]2(C)C4[C@H](C[C@@H]32)C[C@@]2(CC[C@H](C)CO2)[C@H]4C)C1. The van der Waals surface area contributed by atoms with Gasteiger partial charge in [-0.15, -0.1) is 0 Å². The lowest BCUT2D eigenvalue weighted by atomic mass is 9.47. The number of carbonyl (C=O) groups is 1. The maximum Gasteiger partial charge on any atom is 0.407 e. The number of likely N-dealkylation sites (N-methyl/N-ethyl adjacent to an activating group) is 1. The van der Waals surface area contributed by atoms with Crippen molar-refractivity contribution in [1.29, 1.82) is 0 Å². The molecule has 5 nitrogen and oxygen atoms in total. The monoisotopic (exact) mass is 554 g/mol. The molecule has 5 fully saturated rings. The quantitative estimate of drug-likeness (QED) is 0.346. The molecule has 5 heteroatoms. The molecule has 6 aliphatic rings. The van der Waals surface area contributed by atoms with E-state index in [0.29, 0.717) is 17.9 Å². The van der Waals surface area contributed by atoms with Crippen LogP contribution in [0.4, 0.5) is 4.79 Å². The van der Waals surface area contributed by atoms with E-state index in [2.05, 4.69) is 57.8 Å². The lowest BCUT2D eigenvalue weighted by molar-refractivity contribution is -0.138. The van der Waals surface area contributed by atoms with Gasteiger partial charge in [-0.05, 0) is 123 Å². The van der Waals surface area contributed by atoms with Crippen LogP contribution in [0, 0.1) is 52.3 Å². The largest absolute Gasteiger partial charge is 0.446 e. The zero-order valence-corrected chi connectivity index (χ0v) is 26.5. The van der Waals surface area contributed by atoms with Gasteiger partial charge in [-0.2, -0.15) is 0 Å². The number of amides is 1. The van der Waals surface area contributed by atoms with Gasteiger partial charge in [-0.3, -0.25) is 0 Å². The fourth-order valence-electron chi connectivity index (χ4n) is 11.6. The Morgan fingerprint density at radius 3 is 2.62 bits per heavy atom. The highest BCUT2D eigenvalue weighted by Crippen LogP contribution is 2.72. The predicted octanol–water partition coefficient (Wildman–Crippen LogP) is 7.45. The van der Waals surface area contributed by atoms with Crippen LogP contribution < -0.4 is 5.32 Å². The van der Waals surface area contributed by atoms with Crippen LogP contribution in [0.5, 0.6) is 0 Å². The summed E-state index contributed by atoms with van der Waals surface area (Å²) in [7, 11) is 0. The Balaban J connectivity index is 1.10. The Kier molecular flexibility index (Phi) is 7.90. The van der Waals surface area contributed by atoms with Gasteiger partial charge in [-0.1, -0.05) is 53.2 Å². The molecule has 11 atom stereocenters. The van der Waals surface area contributed by atoms with Crippen LogP contribution in [0.15, 0.2) is 11.6 Å². The van der Waals surface area contributed by atoms with Gasteiger partial charge in [0.1, 0.15) is 6.10 Å². The first-order chi connectivity index (χ1) is 19.1. The molecule has 4 saturated carbocycles. The van der Waals surface area contributed by atoms with Crippen LogP contribution >= 0.6 is 0 Å². The van der Waals surface area contributed by atoms with Crippen LogP contribution in [0.25, 0.3) is 0 Å². The third-order valence-corrected chi connectivity index (χ3v) is 13.9. The van der Waals surface area contributed by atoms with E-state index in [9.17, 15) is 4.79 Å². The average molecular weight is 555 g/mol. The molecule has 1 aliphatic heterocycles. The minimum absolute atomic E-state index is 0.0271. The van der Waals surface area contributed by atoms with Gasteiger partial charge in [0.2, 0.25) is 0 Å². The van der Waals surface area contributed by atoms with E-state index in [1.807, 2.05) is 0 Å². The lowest BCUT2D eigenvalue weighted by Gasteiger charge is -2.59. The Hall–Kier alpha value is -1.07. The molecule has 1 N–H and O–H groups in total. The summed E-state index contributed by atoms with van der Waals surface area (Å²) in [6, 6.07) is 0. The Bertz CT molecular complexity index is 968. The van der Waals surface area contributed by atoms with Crippen molar-refractivity contribution in [1.82, 2.24) is 10.2 Å². The summed E-state index contributed by atoms with van der Waals surface area (Å²) in [6.07, 6.45) is 14.9. The topological polar surface area (TPSA) is 50.8 Å². The number of ether oxygens (including phenoxy) is 2. The molecule has 1 amide bonds. The minimum Gasteiger partial charge on any atom is -0.446 e. The normalized spacial score (nSPS) is 47.7. The van der Waals surface area contributed by atoms with Crippen molar-refractivity contribution in [3.63, 3.8) is 0 Å². The molecule has 1 spiro atoms. The third kappa shape index (κ3) is 4.68. The third-order valence-electron chi connectivity index (χ3n) is 13.9. The van der Waals surface area contributed by atoms with Crippen molar-refractivity contribution >= 4 is 6.09 Å². The van der Waals surface area contributed by atoms with Crippen molar-refractivity contribution in [2.45, 2.75) is 117 Å². The molecule has 226 valence electrons. The lowest BCUT2D eigenvalue weighted by Crippen LogP contribution is -2.52. The number of carbonyl (C=O) groups excluding carboxylic acids is 1. The van der Waals surface area contributed by atoms with Crippen LogP contribution in [-0.4, -0.2) is 55.5 Å². The highest BCUT2D eigenvalue weighted by molar-refractivity contribution is 5.67. The van der Waals surface area contributed by atoms with Gasteiger partial charge in [-0.25, -0.2) is 4.79 Å². The van der Waals surface area contributed by atoms with Gasteiger partial charge in [0, 0.05) is 26.1 Å². The highest BCUT2D eigenvalue weighted by Gasteiger charge is 2.67. The fourth-order valence-corrected chi connectivity index (χ4v) is 11.6. The molecule has 0 radical (unpaired) electrons. The second-order valence-corrected chi connectivity index (χ2v) is 15.6. The van der Waals surface area contributed by atoms with Crippen molar-refractivity contribution < 1.29 is 14.3 Å². The number of allylic oxidation sites excluding steroid dienone is 1. The molecule has 40 heavy (non-hydrogen) atoms. The van der Waals surface area contributed by atoms with Gasteiger partial charge >= 0.3 is 6.09 Å². The van der Waals surface area contributed by atoms with E-state index in [-0.39, 0.29) is 23.2 Å². The van der Waals surface area contributed by atoms with Crippen LogP contribution in [0.2, 0.25) is 0 Å². The maximum absolute atomic E-state index is 12.6. The molecule has 1 heterocycles.